The number of para-hydroxylation sites is 1. The number of nitrogens with zero attached hydrogens (tertiary/aromatic N) is 1. The normalized spacial score (nSPS) is 23.2. The molecule has 1 atom stereocenters. The Hall–Kier alpha value is -2.30. The lowest BCUT2D eigenvalue weighted by Crippen LogP contribution is -2.46. The number of benzene rings is 1. The highest BCUT2D eigenvalue weighted by atomic mass is 16.5. The van der Waals surface area contributed by atoms with Crippen LogP contribution in [0.2, 0.25) is 0 Å². The lowest BCUT2D eigenvalue weighted by atomic mass is 9.71. The SMILES string of the molecule is NC(=O)COc1ccccc1C(=O)N1CCC[C@]2(CC=CCC2)C1. The summed E-state index contributed by atoms with van der Waals surface area (Å²) in [6.45, 7) is 1.34. The molecule has 2 aliphatic rings. The molecule has 1 saturated heterocycles. The van der Waals surface area contributed by atoms with E-state index in [4.69, 9.17) is 10.5 Å². The minimum absolute atomic E-state index is 0.0244. The number of piperidine rings is 1. The van der Waals surface area contributed by atoms with Gasteiger partial charge in [-0.05, 0) is 49.7 Å². The molecule has 1 aliphatic heterocycles. The van der Waals surface area contributed by atoms with Crippen molar-refractivity contribution < 1.29 is 14.3 Å². The smallest absolute Gasteiger partial charge is 0.257 e. The third-order valence-electron chi connectivity index (χ3n) is 4.99. The number of nitrogens with two attached hydrogens (primary N) is 1. The molecule has 1 fully saturated rings. The van der Waals surface area contributed by atoms with Crippen LogP contribution < -0.4 is 10.5 Å². The molecule has 0 bridgehead atoms. The quantitative estimate of drug-likeness (QED) is 0.863. The standard InChI is InChI=1S/C19H24N2O3/c20-17(22)13-24-16-8-3-2-7-15(16)18(23)21-12-6-11-19(14-21)9-4-1-5-10-19/h1-4,7-8H,5-6,9-14H2,(H2,20,22)/t19-/m1/s1. The predicted octanol–water partition coefficient (Wildman–Crippen LogP) is 2.51. The highest BCUT2D eigenvalue weighted by Gasteiger charge is 2.37. The molecule has 0 radical (unpaired) electrons. The van der Waals surface area contributed by atoms with Crippen molar-refractivity contribution >= 4 is 11.8 Å². The molecular formula is C19H24N2O3. The maximum absolute atomic E-state index is 13.0. The molecule has 5 nitrogen and oxygen atoms in total. The van der Waals surface area contributed by atoms with Gasteiger partial charge in [-0.1, -0.05) is 24.3 Å². The summed E-state index contributed by atoms with van der Waals surface area (Å²) in [7, 11) is 0. The van der Waals surface area contributed by atoms with Gasteiger partial charge in [0.15, 0.2) is 6.61 Å². The van der Waals surface area contributed by atoms with Gasteiger partial charge in [-0.2, -0.15) is 0 Å². The first-order valence-corrected chi connectivity index (χ1v) is 8.54. The van der Waals surface area contributed by atoms with Gasteiger partial charge in [0.25, 0.3) is 11.8 Å². The van der Waals surface area contributed by atoms with E-state index in [-0.39, 0.29) is 17.9 Å². The molecule has 24 heavy (non-hydrogen) atoms. The largest absolute Gasteiger partial charge is 0.483 e. The van der Waals surface area contributed by atoms with Crippen LogP contribution in [0.4, 0.5) is 0 Å². The number of amides is 2. The van der Waals surface area contributed by atoms with E-state index < -0.39 is 5.91 Å². The Bertz CT molecular complexity index is 656. The molecule has 1 aliphatic carbocycles. The maximum atomic E-state index is 13.0. The van der Waals surface area contributed by atoms with Gasteiger partial charge in [0.2, 0.25) is 0 Å². The Morgan fingerprint density at radius 2 is 2.04 bits per heavy atom. The fourth-order valence-corrected chi connectivity index (χ4v) is 3.78. The highest BCUT2D eigenvalue weighted by molar-refractivity contribution is 5.97. The highest BCUT2D eigenvalue weighted by Crippen LogP contribution is 2.41. The first-order valence-electron chi connectivity index (χ1n) is 8.54. The molecule has 1 heterocycles. The van der Waals surface area contributed by atoms with E-state index in [2.05, 4.69) is 12.2 Å². The van der Waals surface area contributed by atoms with E-state index in [1.165, 1.54) is 6.42 Å². The van der Waals surface area contributed by atoms with Crippen molar-refractivity contribution in [3.05, 3.63) is 42.0 Å². The second kappa shape index (κ2) is 7.07. The number of hydrogen-bond donors (Lipinski definition) is 1. The molecule has 3 rings (SSSR count). The molecule has 0 unspecified atom stereocenters. The van der Waals surface area contributed by atoms with Gasteiger partial charge >= 0.3 is 0 Å². The Morgan fingerprint density at radius 3 is 2.79 bits per heavy atom. The molecule has 0 saturated carbocycles. The summed E-state index contributed by atoms with van der Waals surface area (Å²) in [5.74, 6) is -0.156. The molecular weight excluding hydrogens is 304 g/mol. The lowest BCUT2D eigenvalue weighted by Gasteiger charge is -2.44. The minimum Gasteiger partial charge on any atom is -0.483 e. The summed E-state index contributed by atoms with van der Waals surface area (Å²) < 4.78 is 5.41. The van der Waals surface area contributed by atoms with E-state index >= 15 is 0 Å². The summed E-state index contributed by atoms with van der Waals surface area (Å²) in [6, 6.07) is 7.06. The van der Waals surface area contributed by atoms with Crippen molar-refractivity contribution in [2.75, 3.05) is 19.7 Å². The van der Waals surface area contributed by atoms with Gasteiger partial charge in [-0.25, -0.2) is 0 Å². The first kappa shape index (κ1) is 16.6. The number of primary amides is 1. The zero-order valence-corrected chi connectivity index (χ0v) is 13.9. The van der Waals surface area contributed by atoms with Crippen molar-refractivity contribution in [3.8, 4) is 5.75 Å². The van der Waals surface area contributed by atoms with Crippen LogP contribution in [-0.4, -0.2) is 36.4 Å². The molecule has 2 amide bonds. The number of carbonyl (C=O) groups is 2. The van der Waals surface area contributed by atoms with Crippen LogP contribution in [0.1, 0.15) is 42.5 Å². The fourth-order valence-electron chi connectivity index (χ4n) is 3.78. The topological polar surface area (TPSA) is 72.6 Å². The number of rotatable bonds is 4. The summed E-state index contributed by atoms with van der Waals surface area (Å²) in [5.41, 5.74) is 5.87. The van der Waals surface area contributed by atoms with E-state index in [1.54, 1.807) is 18.2 Å². The number of likely N-dealkylation sites (tertiary alicyclic amines) is 1. The zero-order valence-electron chi connectivity index (χ0n) is 13.9. The Kier molecular flexibility index (Phi) is 4.88. The van der Waals surface area contributed by atoms with Gasteiger partial charge in [0.1, 0.15) is 5.75 Å². The summed E-state index contributed by atoms with van der Waals surface area (Å²) in [6.07, 6.45) is 10.00. The second-order valence-corrected chi connectivity index (χ2v) is 6.80. The average Bonchev–Trinajstić information content (AvgIpc) is 2.60. The second-order valence-electron chi connectivity index (χ2n) is 6.80. The zero-order chi connectivity index (χ0) is 17.0. The van der Waals surface area contributed by atoms with Crippen molar-refractivity contribution in [2.45, 2.75) is 32.1 Å². The Balaban J connectivity index is 1.76. The summed E-state index contributed by atoms with van der Waals surface area (Å²) >= 11 is 0. The number of hydrogen-bond acceptors (Lipinski definition) is 3. The Morgan fingerprint density at radius 1 is 1.21 bits per heavy atom. The van der Waals surface area contributed by atoms with E-state index in [0.29, 0.717) is 11.3 Å². The van der Waals surface area contributed by atoms with E-state index in [1.807, 2.05) is 11.0 Å². The van der Waals surface area contributed by atoms with Gasteiger partial charge in [-0.15, -0.1) is 0 Å². The lowest BCUT2D eigenvalue weighted by molar-refractivity contribution is -0.119. The number of allylic oxidation sites excluding steroid dienone is 2. The van der Waals surface area contributed by atoms with Crippen LogP contribution in [-0.2, 0) is 4.79 Å². The van der Waals surface area contributed by atoms with Crippen LogP contribution in [0.15, 0.2) is 36.4 Å². The van der Waals surface area contributed by atoms with Crippen LogP contribution in [0.5, 0.6) is 5.75 Å². The van der Waals surface area contributed by atoms with Crippen LogP contribution in [0, 0.1) is 5.41 Å². The molecule has 1 aromatic rings. The van der Waals surface area contributed by atoms with Crippen LogP contribution in [0.3, 0.4) is 0 Å². The van der Waals surface area contributed by atoms with Gasteiger partial charge in [0.05, 0.1) is 5.56 Å². The maximum Gasteiger partial charge on any atom is 0.257 e. The van der Waals surface area contributed by atoms with Crippen LogP contribution >= 0.6 is 0 Å². The summed E-state index contributed by atoms with van der Waals surface area (Å²) in [5, 5.41) is 0. The molecule has 0 aromatic heterocycles. The molecule has 5 heteroatoms. The predicted molar refractivity (Wildman–Crippen MR) is 91.7 cm³/mol. The van der Waals surface area contributed by atoms with Crippen molar-refractivity contribution in [2.24, 2.45) is 11.1 Å². The van der Waals surface area contributed by atoms with E-state index in [0.717, 1.165) is 38.8 Å². The average molecular weight is 328 g/mol. The van der Waals surface area contributed by atoms with Crippen molar-refractivity contribution in [1.82, 2.24) is 4.90 Å². The van der Waals surface area contributed by atoms with Gasteiger partial charge < -0.3 is 15.4 Å². The minimum atomic E-state index is -0.553. The van der Waals surface area contributed by atoms with Crippen LogP contribution in [0.25, 0.3) is 0 Å². The monoisotopic (exact) mass is 328 g/mol. The Labute approximate surface area is 142 Å². The first-order chi connectivity index (χ1) is 11.6. The van der Waals surface area contributed by atoms with E-state index in [9.17, 15) is 9.59 Å². The molecule has 1 spiro atoms. The van der Waals surface area contributed by atoms with Crippen molar-refractivity contribution in [1.29, 1.82) is 0 Å². The number of carbonyl (C=O) groups excluding carboxylic acids is 2. The molecule has 128 valence electrons. The third-order valence-corrected chi connectivity index (χ3v) is 4.99. The van der Waals surface area contributed by atoms with Crippen molar-refractivity contribution in [3.63, 3.8) is 0 Å². The summed E-state index contributed by atoms with van der Waals surface area (Å²) in [4.78, 5) is 25.9. The van der Waals surface area contributed by atoms with Gasteiger partial charge in [0, 0.05) is 13.1 Å². The third kappa shape index (κ3) is 3.61. The number of ether oxygens (including phenoxy) is 1. The van der Waals surface area contributed by atoms with Gasteiger partial charge in [-0.3, -0.25) is 9.59 Å². The molecule has 1 aromatic carbocycles. The fraction of sp³-hybridized carbons (Fsp3) is 0.474. The molecule has 2 N–H and O–H groups in total.